The molecule has 0 atom stereocenters. The van der Waals surface area contributed by atoms with E-state index in [4.69, 9.17) is 14.7 Å². The molecular formula is C16H20N2O3. The molecule has 0 heterocycles. The Labute approximate surface area is 125 Å². The van der Waals surface area contributed by atoms with Crippen LogP contribution < -0.4 is 0 Å². The number of ether oxygens (including phenoxy) is 2. The Morgan fingerprint density at radius 1 is 1.38 bits per heavy atom. The smallest absolute Gasteiger partial charge is 0.249 e. The van der Waals surface area contributed by atoms with Gasteiger partial charge in [-0.05, 0) is 17.7 Å². The van der Waals surface area contributed by atoms with Crippen molar-refractivity contribution in [2.45, 2.75) is 6.54 Å². The van der Waals surface area contributed by atoms with Crippen LogP contribution in [-0.4, -0.2) is 44.3 Å². The average molecular weight is 288 g/mol. The molecule has 5 heteroatoms. The first-order valence-electron chi connectivity index (χ1n) is 6.65. The minimum atomic E-state index is -0.102. The molecule has 0 aliphatic heterocycles. The highest BCUT2D eigenvalue weighted by atomic mass is 16.5. The van der Waals surface area contributed by atoms with Crippen molar-refractivity contribution in [1.29, 1.82) is 5.26 Å². The number of amides is 1. The summed E-state index contributed by atoms with van der Waals surface area (Å²) in [6.45, 7) is 5.45. The van der Waals surface area contributed by atoms with Gasteiger partial charge in [-0.15, -0.1) is 6.58 Å². The van der Waals surface area contributed by atoms with E-state index in [1.54, 1.807) is 30.2 Å². The first-order valence-corrected chi connectivity index (χ1v) is 6.65. The lowest BCUT2D eigenvalue weighted by atomic mass is 10.1. The minimum Gasteiger partial charge on any atom is -0.382 e. The van der Waals surface area contributed by atoms with E-state index in [-0.39, 0.29) is 12.5 Å². The molecule has 0 radical (unpaired) electrons. The molecule has 1 aromatic carbocycles. The van der Waals surface area contributed by atoms with Gasteiger partial charge in [-0.25, -0.2) is 0 Å². The van der Waals surface area contributed by atoms with Crippen molar-refractivity contribution in [3.8, 4) is 6.07 Å². The maximum Gasteiger partial charge on any atom is 0.249 e. The van der Waals surface area contributed by atoms with Crippen molar-refractivity contribution in [2.24, 2.45) is 0 Å². The number of nitrogens with zero attached hydrogens (tertiary/aromatic N) is 2. The zero-order valence-corrected chi connectivity index (χ0v) is 12.2. The molecule has 112 valence electrons. The molecule has 0 saturated carbocycles. The summed E-state index contributed by atoms with van der Waals surface area (Å²) in [6.07, 6.45) is 1.68. The Morgan fingerprint density at radius 3 is 2.67 bits per heavy atom. The highest BCUT2D eigenvalue weighted by molar-refractivity contribution is 5.77. The standard InChI is InChI=1S/C16H20N2O3/c1-3-8-18(16(19)13-21-10-9-20-2)12-15-6-4-14(11-17)5-7-15/h3-7H,1,8-10,12-13H2,2H3. The second-order valence-corrected chi connectivity index (χ2v) is 4.42. The number of benzene rings is 1. The Morgan fingerprint density at radius 2 is 2.10 bits per heavy atom. The van der Waals surface area contributed by atoms with Crippen molar-refractivity contribution >= 4 is 5.91 Å². The molecule has 0 bridgehead atoms. The van der Waals surface area contributed by atoms with Gasteiger partial charge < -0.3 is 14.4 Å². The molecule has 0 N–H and O–H groups in total. The monoisotopic (exact) mass is 288 g/mol. The molecule has 1 rings (SSSR count). The summed E-state index contributed by atoms with van der Waals surface area (Å²) in [5.41, 5.74) is 1.56. The highest BCUT2D eigenvalue weighted by Gasteiger charge is 2.12. The summed E-state index contributed by atoms with van der Waals surface area (Å²) in [5.74, 6) is -0.102. The highest BCUT2D eigenvalue weighted by Crippen LogP contribution is 2.07. The molecule has 1 aromatic rings. The van der Waals surface area contributed by atoms with Crippen LogP contribution in [-0.2, 0) is 20.8 Å². The Kier molecular flexibility index (Phi) is 7.80. The first kappa shape index (κ1) is 16.9. The lowest BCUT2D eigenvalue weighted by molar-refractivity contribution is -0.136. The summed E-state index contributed by atoms with van der Waals surface area (Å²) in [7, 11) is 1.58. The minimum absolute atomic E-state index is 0.0213. The normalized spacial score (nSPS) is 9.90. The number of methoxy groups -OCH3 is 1. The van der Waals surface area contributed by atoms with Crippen molar-refractivity contribution in [3.63, 3.8) is 0 Å². The third-order valence-electron chi connectivity index (χ3n) is 2.82. The largest absolute Gasteiger partial charge is 0.382 e. The zero-order valence-electron chi connectivity index (χ0n) is 12.2. The number of carbonyl (C=O) groups is 1. The molecular weight excluding hydrogens is 268 g/mol. The third-order valence-corrected chi connectivity index (χ3v) is 2.82. The zero-order chi connectivity index (χ0) is 15.5. The second kappa shape index (κ2) is 9.70. The van der Waals surface area contributed by atoms with Gasteiger partial charge in [0.2, 0.25) is 5.91 Å². The molecule has 0 aromatic heterocycles. The predicted octanol–water partition coefficient (Wildman–Crippen LogP) is 1.74. The van der Waals surface area contributed by atoms with Gasteiger partial charge in [0.05, 0.1) is 24.8 Å². The Hall–Kier alpha value is -2.16. The van der Waals surface area contributed by atoms with Crippen LogP contribution in [0.2, 0.25) is 0 Å². The number of hydrogen-bond donors (Lipinski definition) is 0. The molecule has 21 heavy (non-hydrogen) atoms. The summed E-state index contributed by atoms with van der Waals surface area (Å²) >= 11 is 0. The van der Waals surface area contributed by atoms with Gasteiger partial charge >= 0.3 is 0 Å². The van der Waals surface area contributed by atoms with Gasteiger partial charge in [0.15, 0.2) is 0 Å². The van der Waals surface area contributed by atoms with E-state index >= 15 is 0 Å². The topological polar surface area (TPSA) is 62.6 Å². The van der Waals surface area contributed by atoms with Crippen molar-refractivity contribution in [2.75, 3.05) is 33.5 Å². The quantitative estimate of drug-likeness (QED) is 0.513. The van der Waals surface area contributed by atoms with Crippen LogP contribution in [0.25, 0.3) is 0 Å². The van der Waals surface area contributed by atoms with Crippen LogP contribution in [0.4, 0.5) is 0 Å². The summed E-state index contributed by atoms with van der Waals surface area (Å²) < 4.78 is 10.1. The van der Waals surface area contributed by atoms with E-state index in [0.717, 1.165) is 5.56 Å². The average Bonchev–Trinajstić information content (AvgIpc) is 2.51. The summed E-state index contributed by atoms with van der Waals surface area (Å²) in [5, 5.41) is 8.77. The fourth-order valence-electron chi connectivity index (χ4n) is 1.71. The molecule has 0 aliphatic carbocycles. The van der Waals surface area contributed by atoms with E-state index in [9.17, 15) is 4.79 Å². The third kappa shape index (κ3) is 6.21. The molecule has 1 amide bonds. The van der Waals surface area contributed by atoms with Crippen LogP contribution in [0, 0.1) is 11.3 Å². The van der Waals surface area contributed by atoms with Crippen molar-refractivity contribution < 1.29 is 14.3 Å². The maximum atomic E-state index is 12.1. The van der Waals surface area contributed by atoms with E-state index in [2.05, 4.69) is 12.6 Å². The Bertz CT molecular complexity index is 491. The van der Waals surface area contributed by atoms with Crippen LogP contribution in [0.15, 0.2) is 36.9 Å². The number of hydrogen-bond acceptors (Lipinski definition) is 4. The van der Waals surface area contributed by atoms with Gasteiger partial charge in [-0.3, -0.25) is 4.79 Å². The number of nitriles is 1. The number of rotatable bonds is 9. The first-order chi connectivity index (χ1) is 10.2. The molecule has 0 aliphatic rings. The van der Waals surface area contributed by atoms with E-state index in [0.29, 0.717) is 31.9 Å². The van der Waals surface area contributed by atoms with Gasteiger partial charge in [0.1, 0.15) is 6.61 Å². The summed E-state index contributed by atoms with van der Waals surface area (Å²) in [6, 6.07) is 9.22. The van der Waals surface area contributed by atoms with Gasteiger partial charge in [-0.2, -0.15) is 5.26 Å². The van der Waals surface area contributed by atoms with Crippen LogP contribution >= 0.6 is 0 Å². The van der Waals surface area contributed by atoms with Crippen molar-refractivity contribution in [3.05, 3.63) is 48.0 Å². The van der Waals surface area contributed by atoms with E-state index in [1.807, 2.05) is 12.1 Å². The fraction of sp³-hybridized carbons (Fsp3) is 0.375. The van der Waals surface area contributed by atoms with Gasteiger partial charge in [0, 0.05) is 20.2 Å². The lowest BCUT2D eigenvalue weighted by Crippen LogP contribution is -2.34. The van der Waals surface area contributed by atoms with Crippen molar-refractivity contribution in [1.82, 2.24) is 4.90 Å². The van der Waals surface area contributed by atoms with Crippen LogP contribution in [0.3, 0.4) is 0 Å². The molecule has 0 fully saturated rings. The predicted molar refractivity (Wildman–Crippen MR) is 79.5 cm³/mol. The maximum absolute atomic E-state index is 12.1. The lowest BCUT2D eigenvalue weighted by Gasteiger charge is -2.21. The molecule has 0 unspecified atom stereocenters. The molecule has 0 spiro atoms. The summed E-state index contributed by atoms with van der Waals surface area (Å²) in [4.78, 5) is 13.7. The molecule has 0 saturated heterocycles. The van der Waals surface area contributed by atoms with Crippen LogP contribution in [0.1, 0.15) is 11.1 Å². The van der Waals surface area contributed by atoms with E-state index < -0.39 is 0 Å². The second-order valence-electron chi connectivity index (χ2n) is 4.42. The van der Waals surface area contributed by atoms with Crippen LogP contribution in [0.5, 0.6) is 0 Å². The van der Waals surface area contributed by atoms with E-state index in [1.165, 1.54) is 0 Å². The SMILES string of the molecule is C=CCN(Cc1ccc(C#N)cc1)C(=O)COCCOC. The number of carbonyl (C=O) groups excluding carboxylic acids is 1. The van der Waals surface area contributed by atoms with Gasteiger partial charge in [0.25, 0.3) is 0 Å². The Balaban J connectivity index is 2.57. The molecule has 5 nitrogen and oxygen atoms in total. The van der Waals surface area contributed by atoms with Gasteiger partial charge in [-0.1, -0.05) is 18.2 Å². The fourth-order valence-corrected chi connectivity index (χ4v) is 1.71.